The third kappa shape index (κ3) is 4.06. The van der Waals surface area contributed by atoms with Gasteiger partial charge in [0.1, 0.15) is 0 Å². The van der Waals surface area contributed by atoms with Crippen LogP contribution in [0.1, 0.15) is 32.8 Å². The van der Waals surface area contributed by atoms with Gasteiger partial charge in [0.05, 0.1) is 0 Å². The van der Waals surface area contributed by atoms with E-state index in [-0.39, 0.29) is 23.1 Å². The Balaban J connectivity index is 1.82. The van der Waals surface area contributed by atoms with Gasteiger partial charge in [0, 0.05) is 63.6 Å². The second-order valence-corrected chi connectivity index (χ2v) is 8.62. The molecule has 0 unspecified atom stereocenters. The van der Waals surface area contributed by atoms with Crippen molar-refractivity contribution < 1.29 is 9.59 Å². The van der Waals surface area contributed by atoms with Crippen LogP contribution in [-0.4, -0.2) is 65.8 Å². The minimum absolute atomic E-state index is 0.000133. The fourth-order valence-electron chi connectivity index (χ4n) is 4.16. The maximum atomic E-state index is 12.7. The maximum Gasteiger partial charge on any atom is 0.225 e. The summed E-state index contributed by atoms with van der Waals surface area (Å²) in [6.45, 7) is 11.6. The van der Waals surface area contributed by atoms with Gasteiger partial charge in [-0.3, -0.25) is 14.5 Å². The van der Waals surface area contributed by atoms with Crippen molar-refractivity contribution in [3.8, 4) is 0 Å². The van der Waals surface area contributed by atoms with E-state index in [1.54, 1.807) is 11.3 Å². The van der Waals surface area contributed by atoms with E-state index >= 15 is 0 Å². The number of carbonyl (C=O) groups is 2. The fourth-order valence-corrected chi connectivity index (χ4v) is 4.82. The minimum atomic E-state index is -0.135. The van der Waals surface area contributed by atoms with Gasteiger partial charge in [-0.1, -0.05) is 13.8 Å². The summed E-state index contributed by atoms with van der Waals surface area (Å²) in [5, 5.41) is 4.29. The first-order chi connectivity index (χ1) is 11.9. The number of likely N-dealkylation sites (tertiary alicyclic amines) is 1. The molecule has 1 atom stereocenters. The van der Waals surface area contributed by atoms with Crippen LogP contribution in [0.2, 0.25) is 0 Å². The molecule has 2 aliphatic rings. The van der Waals surface area contributed by atoms with Crippen molar-refractivity contribution in [2.45, 2.75) is 33.7 Å². The molecule has 3 heterocycles. The highest BCUT2D eigenvalue weighted by atomic mass is 32.1. The van der Waals surface area contributed by atoms with Crippen molar-refractivity contribution in [3.63, 3.8) is 0 Å². The summed E-state index contributed by atoms with van der Waals surface area (Å²) < 4.78 is 0. The van der Waals surface area contributed by atoms with Gasteiger partial charge < -0.3 is 9.80 Å². The maximum absolute atomic E-state index is 12.7. The molecular formula is C19H29N3O2S. The molecule has 2 aliphatic heterocycles. The SMILES string of the molecule is CCN1C[C@@]2(CC1=O)CN(Cc1ccsc1)CCN(C(=O)C(C)C)C2. The van der Waals surface area contributed by atoms with Crippen LogP contribution in [0.4, 0.5) is 0 Å². The Morgan fingerprint density at radius 1 is 1.28 bits per heavy atom. The topological polar surface area (TPSA) is 43.9 Å². The Morgan fingerprint density at radius 3 is 2.68 bits per heavy atom. The molecule has 2 amide bonds. The number of nitrogens with zero attached hydrogens (tertiary/aromatic N) is 3. The molecule has 25 heavy (non-hydrogen) atoms. The zero-order valence-electron chi connectivity index (χ0n) is 15.5. The molecule has 1 aromatic rings. The van der Waals surface area contributed by atoms with E-state index in [2.05, 4.69) is 21.7 Å². The van der Waals surface area contributed by atoms with Gasteiger partial charge in [-0.15, -0.1) is 0 Å². The van der Waals surface area contributed by atoms with Crippen LogP contribution in [-0.2, 0) is 16.1 Å². The van der Waals surface area contributed by atoms with Crippen LogP contribution < -0.4 is 0 Å². The highest BCUT2D eigenvalue weighted by Crippen LogP contribution is 2.35. The predicted octanol–water partition coefficient (Wildman–Crippen LogP) is 2.29. The molecule has 0 bridgehead atoms. The lowest BCUT2D eigenvalue weighted by Gasteiger charge is -2.34. The smallest absolute Gasteiger partial charge is 0.225 e. The quantitative estimate of drug-likeness (QED) is 0.824. The first-order valence-corrected chi connectivity index (χ1v) is 10.2. The predicted molar refractivity (Wildman–Crippen MR) is 100 cm³/mol. The van der Waals surface area contributed by atoms with E-state index in [4.69, 9.17) is 0 Å². The summed E-state index contributed by atoms with van der Waals surface area (Å²) in [7, 11) is 0. The number of hydrogen-bond donors (Lipinski definition) is 0. The Hall–Kier alpha value is -1.40. The summed E-state index contributed by atoms with van der Waals surface area (Å²) in [6, 6.07) is 2.16. The van der Waals surface area contributed by atoms with Crippen molar-refractivity contribution in [2.75, 3.05) is 39.3 Å². The van der Waals surface area contributed by atoms with Crippen molar-refractivity contribution in [3.05, 3.63) is 22.4 Å². The monoisotopic (exact) mass is 363 g/mol. The van der Waals surface area contributed by atoms with E-state index in [1.165, 1.54) is 5.56 Å². The second-order valence-electron chi connectivity index (χ2n) is 7.84. The summed E-state index contributed by atoms with van der Waals surface area (Å²) in [4.78, 5) is 31.5. The number of thiophene rings is 1. The van der Waals surface area contributed by atoms with Crippen LogP contribution >= 0.6 is 11.3 Å². The molecule has 2 fully saturated rings. The second kappa shape index (κ2) is 7.46. The van der Waals surface area contributed by atoms with E-state index in [0.717, 1.165) is 39.3 Å². The van der Waals surface area contributed by atoms with Crippen molar-refractivity contribution in [1.82, 2.24) is 14.7 Å². The molecule has 6 heteroatoms. The molecule has 0 radical (unpaired) electrons. The summed E-state index contributed by atoms with van der Waals surface area (Å²) in [5.41, 5.74) is 1.19. The molecule has 0 aliphatic carbocycles. The molecule has 1 aromatic heterocycles. The Kier molecular flexibility index (Phi) is 5.49. The van der Waals surface area contributed by atoms with Gasteiger partial charge >= 0.3 is 0 Å². The van der Waals surface area contributed by atoms with Gasteiger partial charge in [0.25, 0.3) is 0 Å². The van der Waals surface area contributed by atoms with Crippen molar-refractivity contribution in [2.24, 2.45) is 11.3 Å². The average Bonchev–Trinajstić information content (AvgIpc) is 3.13. The summed E-state index contributed by atoms with van der Waals surface area (Å²) in [6.07, 6.45) is 0.558. The lowest BCUT2D eigenvalue weighted by Crippen LogP contribution is -2.45. The normalized spacial score (nSPS) is 25.2. The van der Waals surface area contributed by atoms with Gasteiger partial charge in [0.2, 0.25) is 11.8 Å². The highest BCUT2D eigenvalue weighted by Gasteiger charge is 2.46. The van der Waals surface area contributed by atoms with Gasteiger partial charge in [-0.05, 0) is 29.3 Å². The molecule has 3 rings (SSSR count). The zero-order valence-corrected chi connectivity index (χ0v) is 16.3. The number of amides is 2. The Bertz CT molecular complexity index is 616. The average molecular weight is 364 g/mol. The zero-order chi connectivity index (χ0) is 18.0. The van der Waals surface area contributed by atoms with Crippen LogP contribution in [0.25, 0.3) is 0 Å². The van der Waals surface area contributed by atoms with Gasteiger partial charge in [-0.2, -0.15) is 11.3 Å². The molecule has 0 aromatic carbocycles. The van der Waals surface area contributed by atoms with Crippen molar-refractivity contribution in [1.29, 1.82) is 0 Å². The largest absolute Gasteiger partial charge is 0.342 e. The van der Waals surface area contributed by atoms with Crippen LogP contribution in [0.5, 0.6) is 0 Å². The van der Waals surface area contributed by atoms with Gasteiger partial charge in [0.15, 0.2) is 0 Å². The highest BCUT2D eigenvalue weighted by molar-refractivity contribution is 7.07. The number of rotatable bonds is 4. The third-order valence-electron chi connectivity index (χ3n) is 5.35. The minimum Gasteiger partial charge on any atom is -0.342 e. The fraction of sp³-hybridized carbons (Fsp3) is 0.684. The lowest BCUT2D eigenvalue weighted by atomic mass is 9.85. The van der Waals surface area contributed by atoms with E-state index < -0.39 is 0 Å². The summed E-state index contributed by atoms with van der Waals surface area (Å²) >= 11 is 1.72. The molecule has 0 N–H and O–H groups in total. The summed E-state index contributed by atoms with van der Waals surface area (Å²) in [5.74, 6) is 0.441. The molecule has 0 saturated carbocycles. The molecule has 138 valence electrons. The standard InChI is InChI=1S/C19H29N3O2S/c1-4-21-13-19(9-17(21)23)12-20(10-16-5-8-25-11-16)6-7-22(14-19)18(24)15(2)3/h5,8,11,15H,4,6-7,9-10,12-14H2,1-3H3/t19-/m1/s1. The number of hydrogen-bond acceptors (Lipinski definition) is 4. The van der Waals surface area contributed by atoms with Gasteiger partial charge in [-0.25, -0.2) is 0 Å². The van der Waals surface area contributed by atoms with E-state index in [9.17, 15) is 9.59 Å². The van der Waals surface area contributed by atoms with Crippen LogP contribution in [0.3, 0.4) is 0 Å². The molecule has 5 nitrogen and oxygen atoms in total. The Labute approximate surface area is 154 Å². The third-order valence-corrected chi connectivity index (χ3v) is 6.08. The lowest BCUT2D eigenvalue weighted by molar-refractivity contribution is -0.135. The van der Waals surface area contributed by atoms with Crippen molar-refractivity contribution >= 4 is 23.2 Å². The number of carbonyl (C=O) groups excluding carboxylic acids is 2. The Morgan fingerprint density at radius 2 is 2.08 bits per heavy atom. The molecule has 1 spiro atoms. The first kappa shape index (κ1) is 18.4. The van der Waals surface area contributed by atoms with E-state index in [1.807, 2.05) is 30.6 Å². The van der Waals surface area contributed by atoms with Crippen LogP contribution in [0, 0.1) is 11.3 Å². The van der Waals surface area contributed by atoms with Crippen LogP contribution in [0.15, 0.2) is 16.8 Å². The molecule has 2 saturated heterocycles. The first-order valence-electron chi connectivity index (χ1n) is 9.22. The van der Waals surface area contributed by atoms with E-state index in [0.29, 0.717) is 13.0 Å². The molecular weight excluding hydrogens is 334 g/mol.